The third-order valence-corrected chi connectivity index (χ3v) is 7.66. The molecule has 1 aromatic carbocycles. The van der Waals surface area contributed by atoms with Gasteiger partial charge in [0.1, 0.15) is 22.4 Å². The van der Waals surface area contributed by atoms with Crippen LogP contribution in [0.1, 0.15) is 12.0 Å². The number of aromatic amines is 2. The van der Waals surface area contributed by atoms with Gasteiger partial charge < -0.3 is 4.98 Å². The van der Waals surface area contributed by atoms with Crippen LogP contribution < -0.4 is 0 Å². The molecule has 2 N–H and O–H groups in total. The Labute approximate surface area is 218 Å². The first-order valence-corrected chi connectivity index (χ1v) is 12.9. The molecule has 0 unspecified atom stereocenters. The monoisotopic (exact) mass is 531 g/mol. The topological polar surface area (TPSA) is 86.4 Å². The van der Waals surface area contributed by atoms with E-state index in [-0.39, 0.29) is 18.5 Å². The van der Waals surface area contributed by atoms with Gasteiger partial charge in [0.15, 0.2) is 11.6 Å². The molecule has 7 rings (SSSR count). The summed E-state index contributed by atoms with van der Waals surface area (Å²) in [5, 5.41) is 9.69. The molecule has 6 aromatic rings. The smallest absolute Gasteiger partial charge is 0.261 e. The Bertz CT molecular complexity index is 1790. The molecule has 7 nitrogen and oxygen atoms in total. The standard InChI is InChI=1S/C27H20F3N7S/c28-19-10-16(17-8-15(11-31-12-17)13-37-6-4-27(29,30)14-37)9-18-22(19)35-36-23(18)26-33-20-3-5-32-25(24(20)34-26)21-2-1-7-38-21/h1-3,5,7-12H,4,6,13-14H2,(H,33,34)(H,35,36). The molecule has 1 aliphatic rings. The minimum atomic E-state index is -2.66. The van der Waals surface area contributed by atoms with E-state index in [9.17, 15) is 8.78 Å². The Balaban J connectivity index is 1.27. The SMILES string of the molecule is Fc1cc(-c2cncc(CN3CCC(F)(F)C3)c2)cc2c(-c3nc4c(-c5cccs5)nccc4[nH]3)[nH]nc12. The second-order valence-electron chi connectivity index (χ2n) is 9.47. The van der Waals surface area contributed by atoms with Gasteiger partial charge in [-0.1, -0.05) is 6.07 Å². The fourth-order valence-electron chi connectivity index (χ4n) is 5.00. The summed E-state index contributed by atoms with van der Waals surface area (Å²) >= 11 is 1.58. The minimum Gasteiger partial charge on any atom is -0.337 e. The molecule has 6 heterocycles. The predicted molar refractivity (Wildman–Crippen MR) is 140 cm³/mol. The number of imidazole rings is 1. The number of nitrogens with zero attached hydrogens (tertiary/aromatic N) is 5. The van der Waals surface area contributed by atoms with Crippen molar-refractivity contribution in [1.82, 2.24) is 35.0 Å². The molecule has 190 valence electrons. The van der Waals surface area contributed by atoms with Crippen molar-refractivity contribution < 1.29 is 13.2 Å². The summed E-state index contributed by atoms with van der Waals surface area (Å²) in [6, 6.07) is 10.9. The van der Waals surface area contributed by atoms with Crippen LogP contribution in [0.2, 0.25) is 0 Å². The lowest BCUT2D eigenvalue weighted by Crippen LogP contribution is -2.24. The highest BCUT2D eigenvalue weighted by Gasteiger charge is 2.37. The molecule has 0 radical (unpaired) electrons. The van der Waals surface area contributed by atoms with Gasteiger partial charge in [-0.3, -0.25) is 20.0 Å². The van der Waals surface area contributed by atoms with E-state index in [0.717, 1.165) is 21.7 Å². The van der Waals surface area contributed by atoms with Crippen molar-refractivity contribution in [2.24, 2.45) is 0 Å². The lowest BCUT2D eigenvalue weighted by Gasteiger charge is -2.15. The highest BCUT2D eigenvalue weighted by molar-refractivity contribution is 7.13. The first-order chi connectivity index (χ1) is 18.4. The normalized spacial score (nSPS) is 15.7. The quantitative estimate of drug-likeness (QED) is 0.274. The lowest BCUT2D eigenvalue weighted by atomic mass is 10.0. The van der Waals surface area contributed by atoms with Gasteiger partial charge in [-0.2, -0.15) is 5.10 Å². The third-order valence-electron chi connectivity index (χ3n) is 6.79. The van der Waals surface area contributed by atoms with Crippen molar-refractivity contribution in [3.05, 3.63) is 71.7 Å². The third kappa shape index (κ3) is 4.04. The number of rotatable bonds is 5. The number of hydrogen-bond donors (Lipinski definition) is 2. The van der Waals surface area contributed by atoms with Crippen molar-refractivity contribution in [3.63, 3.8) is 0 Å². The molecule has 1 fully saturated rings. The molecule has 11 heteroatoms. The number of fused-ring (bicyclic) bond motifs is 2. The largest absolute Gasteiger partial charge is 0.337 e. The number of thiophene rings is 1. The fourth-order valence-corrected chi connectivity index (χ4v) is 5.72. The maximum Gasteiger partial charge on any atom is 0.261 e. The Kier molecular flexibility index (Phi) is 5.31. The molecule has 1 aliphatic heterocycles. The number of halogens is 3. The van der Waals surface area contributed by atoms with Gasteiger partial charge in [-0.25, -0.2) is 18.2 Å². The molecule has 38 heavy (non-hydrogen) atoms. The van der Waals surface area contributed by atoms with E-state index in [0.29, 0.717) is 46.6 Å². The van der Waals surface area contributed by atoms with Crippen LogP contribution in [0, 0.1) is 5.82 Å². The molecule has 0 spiro atoms. The zero-order chi connectivity index (χ0) is 25.9. The van der Waals surface area contributed by atoms with E-state index >= 15 is 4.39 Å². The first-order valence-electron chi connectivity index (χ1n) is 12.0. The number of nitrogens with one attached hydrogen (secondary N) is 2. The molecule has 0 atom stereocenters. The summed E-state index contributed by atoms with van der Waals surface area (Å²) in [7, 11) is 0. The van der Waals surface area contributed by atoms with Crippen molar-refractivity contribution in [2.75, 3.05) is 13.1 Å². The summed E-state index contributed by atoms with van der Waals surface area (Å²) < 4.78 is 42.4. The minimum absolute atomic E-state index is 0.141. The van der Waals surface area contributed by atoms with Gasteiger partial charge in [0.05, 0.1) is 16.9 Å². The Morgan fingerprint density at radius 1 is 1.08 bits per heavy atom. The van der Waals surface area contributed by atoms with Crippen LogP contribution in [0.3, 0.4) is 0 Å². The van der Waals surface area contributed by atoms with E-state index in [1.54, 1.807) is 34.8 Å². The molecular weight excluding hydrogens is 511 g/mol. The Morgan fingerprint density at radius 2 is 2.00 bits per heavy atom. The number of hydrogen-bond acceptors (Lipinski definition) is 6. The number of H-pyrrole nitrogens is 2. The summed E-state index contributed by atoms with van der Waals surface area (Å²) in [5.74, 6) is -2.62. The highest BCUT2D eigenvalue weighted by atomic mass is 32.1. The predicted octanol–water partition coefficient (Wildman–Crippen LogP) is 6.27. The molecule has 1 saturated heterocycles. The maximum atomic E-state index is 15.2. The second kappa shape index (κ2) is 8.74. The second-order valence-corrected chi connectivity index (χ2v) is 10.4. The van der Waals surface area contributed by atoms with Gasteiger partial charge in [0.2, 0.25) is 0 Å². The molecular formula is C27H20F3N7S. The van der Waals surface area contributed by atoms with Crippen LogP contribution >= 0.6 is 11.3 Å². The van der Waals surface area contributed by atoms with Crippen molar-refractivity contribution in [3.8, 4) is 33.2 Å². The van der Waals surface area contributed by atoms with E-state index in [1.165, 1.54) is 6.07 Å². The summed E-state index contributed by atoms with van der Waals surface area (Å²) in [6.45, 7) is 0.423. The number of benzene rings is 1. The van der Waals surface area contributed by atoms with Crippen LogP contribution in [0.15, 0.2) is 60.4 Å². The van der Waals surface area contributed by atoms with Gasteiger partial charge in [-0.15, -0.1) is 11.3 Å². The van der Waals surface area contributed by atoms with Crippen LogP contribution in [-0.2, 0) is 6.54 Å². The van der Waals surface area contributed by atoms with E-state index in [4.69, 9.17) is 4.98 Å². The van der Waals surface area contributed by atoms with Crippen LogP contribution in [0.4, 0.5) is 13.2 Å². The van der Waals surface area contributed by atoms with E-state index < -0.39 is 11.7 Å². The number of alkyl halides is 2. The molecule has 0 aliphatic carbocycles. The zero-order valence-corrected chi connectivity index (χ0v) is 20.7. The summed E-state index contributed by atoms with van der Waals surface area (Å²) in [6.07, 6.45) is 4.89. The average Bonchev–Trinajstić information content (AvgIpc) is 3.70. The number of likely N-dealkylation sites (tertiary alicyclic amines) is 1. The van der Waals surface area contributed by atoms with Gasteiger partial charge in [0, 0.05) is 49.1 Å². The average molecular weight is 532 g/mol. The molecule has 0 saturated carbocycles. The summed E-state index contributed by atoms with van der Waals surface area (Å²) in [4.78, 5) is 19.6. The van der Waals surface area contributed by atoms with Gasteiger partial charge in [0.25, 0.3) is 5.92 Å². The number of pyridine rings is 2. The van der Waals surface area contributed by atoms with Crippen molar-refractivity contribution in [2.45, 2.75) is 18.9 Å². The summed E-state index contributed by atoms with van der Waals surface area (Å²) in [5.41, 5.74) is 5.14. The van der Waals surface area contributed by atoms with Crippen LogP contribution in [-0.4, -0.2) is 54.0 Å². The van der Waals surface area contributed by atoms with Crippen molar-refractivity contribution >= 4 is 33.3 Å². The molecule has 0 bridgehead atoms. The Hall–Kier alpha value is -4.09. The van der Waals surface area contributed by atoms with Gasteiger partial charge >= 0.3 is 0 Å². The lowest BCUT2D eigenvalue weighted by molar-refractivity contribution is 0.0115. The molecule has 0 amide bonds. The van der Waals surface area contributed by atoms with Gasteiger partial charge in [-0.05, 0) is 46.8 Å². The Morgan fingerprint density at radius 3 is 2.82 bits per heavy atom. The van der Waals surface area contributed by atoms with Crippen LogP contribution in [0.25, 0.3) is 55.2 Å². The highest BCUT2D eigenvalue weighted by Crippen LogP contribution is 2.35. The first kappa shape index (κ1) is 23.1. The van der Waals surface area contributed by atoms with E-state index in [2.05, 4.69) is 25.1 Å². The van der Waals surface area contributed by atoms with Crippen LogP contribution in [0.5, 0.6) is 0 Å². The molecule has 5 aromatic heterocycles. The van der Waals surface area contributed by atoms with E-state index in [1.807, 2.05) is 35.7 Å². The fraction of sp³-hybridized carbons (Fsp3) is 0.185. The maximum absolute atomic E-state index is 15.2. The number of aromatic nitrogens is 6. The zero-order valence-electron chi connectivity index (χ0n) is 19.9. The van der Waals surface area contributed by atoms with Crippen molar-refractivity contribution in [1.29, 1.82) is 0 Å².